The number of benzene rings is 3. The molecule has 2 aromatic heterocycles. The number of carboxylic acids is 1. The lowest BCUT2D eigenvalue weighted by atomic mass is 10.1. The number of para-hydroxylation sites is 2. The minimum atomic E-state index is -1.11. The molecule has 9 nitrogen and oxygen atoms in total. The molecule has 39 heavy (non-hydrogen) atoms. The van der Waals surface area contributed by atoms with Crippen molar-refractivity contribution in [2.75, 3.05) is 19.0 Å². The van der Waals surface area contributed by atoms with E-state index in [9.17, 15) is 18.7 Å². The number of carbonyl (C=O) groups is 1. The first-order chi connectivity index (χ1) is 18.9. The third-order valence-electron chi connectivity index (χ3n) is 5.99. The highest BCUT2D eigenvalue weighted by atomic mass is 19.1. The molecule has 3 aromatic carbocycles. The van der Waals surface area contributed by atoms with E-state index < -0.39 is 17.6 Å². The molecule has 0 aliphatic rings. The Hall–Kier alpha value is -5.06. The lowest BCUT2D eigenvalue weighted by Gasteiger charge is -2.12. The first-order valence-corrected chi connectivity index (χ1v) is 12.0. The number of carboxylic acid groups (broad SMARTS) is 1. The fourth-order valence-electron chi connectivity index (χ4n) is 4.17. The van der Waals surface area contributed by atoms with Crippen molar-refractivity contribution in [3.05, 3.63) is 89.6 Å². The molecule has 5 aromatic rings. The van der Waals surface area contributed by atoms with Crippen LogP contribution in [-0.2, 0) is 6.54 Å². The number of nitrogens with one attached hydrogen (secondary N) is 1. The van der Waals surface area contributed by atoms with Crippen molar-refractivity contribution in [3.63, 3.8) is 0 Å². The van der Waals surface area contributed by atoms with Gasteiger partial charge >= 0.3 is 5.97 Å². The van der Waals surface area contributed by atoms with Crippen LogP contribution in [0.25, 0.3) is 22.4 Å². The highest BCUT2D eigenvalue weighted by molar-refractivity contribution is 5.95. The summed E-state index contributed by atoms with van der Waals surface area (Å²) in [5, 5.41) is 17.8. The number of aromatic nitrogens is 4. The van der Waals surface area contributed by atoms with E-state index in [2.05, 4.69) is 20.4 Å². The normalized spacial score (nSPS) is 11.0. The van der Waals surface area contributed by atoms with Gasteiger partial charge in [0.2, 0.25) is 0 Å². The maximum absolute atomic E-state index is 14.8. The summed E-state index contributed by atoms with van der Waals surface area (Å²) < 4.78 is 41.8. The van der Waals surface area contributed by atoms with E-state index in [-0.39, 0.29) is 47.4 Å². The van der Waals surface area contributed by atoms with Crippen LogP contribution in [0.15, 0.2) is 66.9 Å². The summed E-state index contributed by atoms with van der Waals surface area (Å²) in [5.41, 5.74) is 1.18. The zero-order valence-electron chi connectivity index (χ0n) is 21.0. The molecule has 5 rings (SSSR count). The molecule has 11 heteroatoms. The molecule has 0 spiro atoms. The minimum Gasteiger partial charge on any atom is -0.494 e. The number of halogens is 2. The van der Waals surface area contributed by atoms with Crippen LogP contribution in [0.3, 0.4) is 0 Å². The lowest BCUT2D eigenvalue weighted by Crippen LogP contribution is -2.08. The first kappa shape index (κ1) is 25.6. The number of fused-ring (bicyclic) bond motifs is 1. The number of aromatic carboxylic acids is 1. The molecule has 0 aliphatic carbocycles. The van der Waals surface area contributed by atoms with Crippen molar-refractivity contribution in [3.8, 4) is 23.0 Å². The van der Waals surface area contributed by atoms with Gasteiger partial charge in [0, 0.05) is 23.1 Å². The smallest absolute Gasteiger partial charge is 0.337 e. The van der Waals surface area contributed by atoms with Crippen LogP contribution in [0.4, 0.5) is 20.3 Å². The number of nitrogens with zero attached hydrogens (tertiary/aromatic N) is 4. The molecule has 0 bridgehead atoms. The third-order valence-corrected chi connectivity index (χ3v) is 5.99. The number of ether oxygens (including phenoxy) is 2. The zero-order valence-corrected chi connectivity index (χ0v) is 21.0. The van der Waals surface area contributed by atoms with Crippen LogP contribution in [0.5, 0.6) is 11.5 Å². The van der Waals surface area contributed by atoms with Crippen molar-refractivity contribution in [2.24, 2.45) is 0 Å². The van der Waals surface area contributed by atoms with E-state index in [1.807, 2.05) is 6.07 Å². The molecule has 0 saturated carbocycles. The summed E-state index contributed by atoms with van der Waals surface area (Å²) in [6.07, 6.45) is 1.44. The monoisotopic (exact) mass is 531 g/mol. The lowest BCUT2D eigenvalue weighted by molar-refractivity contribution is 0.0698. The molecule has 0 aliphatic heterocycles. The third kappa shape index (κ3) is 5.06. The summed E-state index contributed by atoms with van der Waals surface area (Å²) in [4.78, 5) is 20.6. The second-order valence-corrected chi connectivity index (χ2v) is 8.41. The zero-order chi connectivity index (χ0) is 27.5. The van der Waals surface area contributed by atoms with Crippen LogP contribution in [0, 0.1) is 11.6 Å². The summed E-state index contributed by atoms with van der Waals surface area (Å²) in [6.45, 7) is 1.83. The Morgan fingerprint density at radius 2 is 1.79 bits per heavy atom. The van der Waals surface area contributed by atoms with E-state index in [4.69, 9.17) is 9.47 Å². The average Bonchev–Trinajstić information content (AvgIpc) is 3.29. The molecule has 2 N–H and O–H groups in total. The predicted molar refractivity (Wildman–Crippen MR) is 141 cm³/mol. The highest BCUT2D eigenvalue weighted by Crippen LogP contribution is 2.32. The van der Waals surface area contributed by atoms with E-state index in [1.165, 1.54) is 24.1 Å². The molecule has 0 unspecified atom stereocenters. The van der Waals surface area contributed by atoms with Crippen LogP contribution in [0.2, 0.25) is 0 Å². The maximum Gasteiger partial charge on any atom is 0.337 e. The first-order valence-electron chi connectivity index (χ1n) is 12.0. The SMILES string of the molecule is CCOc1cc(F)c(Cn2nc(-c3ncc(OC)c(Nc4ccccc4C(=O)O)n3)c3ccccc32)c(F)c1. The highest BCUT2D eigenvalue weighted by Gasteiger charge is 2.20. The summed E-state index contributed by atoms with van der Waals surface area (Å²) in [5.74, 6) is -1.79. The van der Waals surface area contributed by atoms with E-state index in [0.29, 0.717) is 22.3 Å². The van der Waals surface area contributed by atoms with Gasteiger partial charge in [-0.3, -0.25) is 4.68 Å². The number of hydrogen-bond donors (Lipinski definition) is 2. The largest absolute Gasteiger partial charge is 0.494 e. The fraction of sp³-hybridized carbons (Fsp3) is 0.143. The number of methoxy groups -OCH3 is 1. The number of hydrogen-bond acceptors (Lipinski definition) is 7. The van der Waals surface area contributed by atoms with Gasteiger partial charge in [0.15, 0.2) is 17.4 Å². The predicted octanol–water partition coefficient (Wildman–Crippen LogP) is 5.67. The molecule has 0 atom stereocenters. The van der Waals surface area contributed by atoms with Gasteiger partial charge in [0.05, 0.1) is 43.2 Å². The van der Waals surface area contributed by atoms with Crippen molar-refractivity contribution >= 4 is 28.4 Å². The number of anilines is 2. The van der Waals surface area contributed by atoms with Crippen molar-refractivity contribution in [1.29, 1.82) is 0 Å². The van der Waals surface area contributed by atoms with Gasteiger partial charge in [-0.05, 0) is 25.1 Å². The Labute approximate surface area is 221 Å². The van der Waals surface area contributed by atoms with Gasteiger partial charge in [-0.2, -0.15) is 5.10 Å². The van der Waals surface area contributed by atoms with Crippen LogP contribution < -0.4 is 14.8 Å². The summed E-state index contributed by atoms with van der Waals surface area (Å²) in [6, 6.07) is 15.9. The Kier molecular flexibility index (Phi) is 7.04. The minimum absolute atomic E-state index is 0.0499. The quantitative estimate of drug-likeness (QED) is 0.250. The van der Waals surface area contributed by atoms with Crippen LogP contribution in [0.1, 0.15) is 22.8 Å². The van der Waals surface area contributed by atoms with Gasteiger partial charge < -0.3 is 19.9 Å². The molecular formula is C28H23F2N5O4. The van der Waals surface area contributed by atoms with Crippen LogP contribution in [-0.4, -0.2) is 44.5 Å². The maximum atomic E-state index is 14.8. The summed E-state index contributed by atoms with van der Waals surface area (Å²) in [7, 11) is 1.44. The molecule has 0 saturated heterocycles. The standard InChI is InChI=1S/C28H23F2N5O4/c1-3-39-16-12-20(29)19(21(30)13-16)15-35-23-11-7-5-9-18(23)25(34-35)27-31-14-24(38-2)26(33-27)32-22-10-6-4-8-17(22)28(36)37/h4-14H,3,15H2,1-2H3,(H,36,37)(H,31,32,33). The second-order valence-electron chi connectivity index (χ2n) is 8.41. The van der Waals surface area contributed by atoms with Gasteiger partial charge in [-0.15, -0.1) is 0 Å². The summed E-state index contributed by atoms with van der Waals surface area (Å²) >= 11 is 0. The molecule has 198 valence electrons. The fourth-order valence-corrected chi connectivity index (χ4v) is 4.17. The van der Waals surface area contributed by atoms with Gasteiger partial charge in [0.25, 0.3) is 0 Å². The Balaban J connectivity index is 1.57. The topological polar surface area (TPSA) is 111 Å². The van der Waals surface area contributed by atoms with Gasteiger partial charge in [-0.1, -0.05) is 30.3 Å². The van der Waals surface area contributed by atoms with Gasteiger partial charge in [0.1, 0.15) is 23.1 Å². The molecule has 0 fully saturated rings. The van der Waals surface area contributed by atoms with Gasteiger partial charge in [-0.25, -0.2) is 23.5 Å². The van der Waals surface area contributed by atoms with E-state index >= 15 is 0 Å². The van der Waals surface area contributed by atoms with Crippen molar-refractivity contribution in [1.82, 2.24) is 19.7 Å². The molecule has 0 amide bonds. The van der Waals surface area contributed by atoms with E-state index in [1.54, 1.807) is 43.3 Å². The molecular weight excluding hydrogens is 508 g/mol. The Bertz CT molecular complexity index is 1670. The number of rotatable bonds is 9. The second kappa shape index (κ2) is 10.7. The Morgan fingerprint density at radius 1 is 1.08 bits per heavy atom. The van der Waals surface area contributed by atoms with E-state index in [0.717, 1.165) is 12.1 Å². The van der Waals surface area contributed by atoms with Crippen molar-refractivity contribution in [2.45, 2.75) is 13.5 Å². The van der Waals surface area contributed by atoms with Crippen molar-refractivity contribution < 1.29 is 28.2 Å². The molecule has 0 radical (unpaired) electrons. The van der Waals surface area contributed by atoms with Crippen LogP contribution >= 0.6 is 0 Å². The molecule has 2 heterocycles. The average molecular weight is 532 g/mol. The Morgan fingerprint density at radius 3 is 2.51 bits per heavy atom.